The van der Waals surface area contributed by atoms with Crippen LogP contribution < -0.4 is 10.2 Å². The Balaban J connectivity index is 1.89. The minimum atomic E-state index is -0.589. The summed E-state index contributed by atoms with van der Waals surface area (Å²) in [6, 6.07) is 7.98. The van der Waals surface area contributed by atoms with E-state index in [0.29, 0.717) is 13.0 Å². The highest BCUT2D eigenvalue weighted by molar-refractivity contribution is 6.02. The Bertz CT molecular complexity index is 526. The van der Waals surface area contributed by atoms with Crippen molar-refractivity contribution in [2.75, 3.05) is 18.0 Å². The number of carbonyl (C=O) groups excluding carboxylic acids is 2. The predicted molar refractivity (Wildman–Crippen MR) is 68.2 cm³/mol. The second kappa shape index (κ2) is 3.83. The molecule has 94 valence electrons. The summed E-state index contributed by atoms with van der Waals surface area (Å²) in [6.07, 6.45) is 1.20. The molecule has 1 unspecified atom stereocenters. The van der Waals surface area contributed by atoms with Crippen LogP contribution in [-0.2, 0) is 16.0 Å². The number of carbonyl (C=O) groups is 2. The highest BCUT2D eigenvalue weighted by Crippen LogP contribution is 2.34. The first-order valence-electron chi connectivity index (χ1n) is 6.27. The van der Waals surface area contributed by atoms with Crippen LogP contribution in [0.2, 0.25) is 0 Å². The molecule has 2 heterocycles. The molecule has 0 aliphatic carbocycles. The fourth-order valence-electron chi connectivity index (χ4n) is 2.80. The fraction of sp³-hybridized carbons (Fsp3) is 0.429. The zero-order valence-electron chi connectivity index (χ0n) is 10.4. The van der Waals surface area contributed by atoms with Crippen LogP contribution in [0.3, 0.4) is 0 Å². The molecular formula is C14H16N2O2. The first kappa shape index (κ1) is 11.3. The molecule has 1 saturated heterocycles. The van der Waals surface area contributed by atoms with E-state index in [2.05, 4.69) is 11.4 Å². The van der Waals surface area contributed by atoms with Crippen molar-refractivity contribution < 1.29 is 9.59 Å². The van der Waals surface area contributed by atoms with Gasteiger partial charge in [-0.15, -0.1) is 0 Å². The van der Waals surface area contributed by atoms with Crippen LogP contribution in [0.25, 0.3) is 0 Å². The van der Waals surface area contributed by atoms with E-state index in [1.165, 1.54) is 5.56 Å². The monoisotopic (exact) mass is 244 g/mol. The molecule has 0 spiro atoms. The van der Waals surface area contributed by atoms with Crippen LogP contribution in [0, 0.1) is 5.41 Å². The third kappa shape index (κ3) is 1.60. The van der Waals surface area contributed by atoms with Crippen LogP contribution in [-0.4, -0.2) is 24.9 Å². The van der Waals surface area contributed by atoms with E-state index in [1.54, 1.807) is 0 Å². The number of nitrogens with one attached hydrogen (secondary N) is 1. The lowest BCUT2D eigenvalue weighted by atomic mass is 9.88. The lowest BCUT2D eigenvalue weighted by molar-refractivity contribution is -0.128. The molecule has 3 rings (SSSR count). The van der Waals surface area contributed by atoms with Crippen molar-refractivity contribution in [3.63, 3.8) is 0 Å². The summed E-state index contributed by atoms with van der Waals surface area (Å²) < 4.78 is 0. The summed E-state index contributed by atoms with van der Waals surface area (Å²) in [7, 11) is 0. The molecule has 4 nitrogen and oxygen atoms in total. The molecule has 2 aliphatic rings. The second-order valence-electron chi connectivity index (χ2n) is 5.35. The van der Waals surface area contributed by atoms with Crippen molar-refractivity contribution in [1.29, 1.82) is 0 Å². The minimum Gasteiger partial charge on any atom is -0.355 e. The van der Waals surface area contributed by atoms with Gasteiger partial charge in [0.05, 0.1) is 5.41 Å². The zero-order valence-corrected chi connectivity index (χ0v) is 10.4. The van der Waals surface area contributed by atoms with E-state index in [1.807, 2.05) is 30.0 Å². The Labute approximate surface area is 106 Å². The molecule has 1 atom stereocenters. The smallest absolute Gasteiger partial charge is 0.235 e. The van der Waals surface area contributed by atoms with Crippen molar-refractivity contribution in [3.8, 4) is 0 Å². The Morgan fingerprint density at radius 2 is 2.17 bits per heavy atom. The lowest BCUT2D eigenvalue weighted by Crippen LogP contribution is -2.43. The number of hydrogen-bond acceptors (Lipinski definition) is 2. The van der Waals surface area contributed by atoms with E-state index in [9.17, 15) is 9.59 Å². The molecule has 2 amide bonds. The summed E-state index contributed by atoms with van der Waals surface area (Å²) in [5.74, 6) is 0.0316. The number of benzene rings is 1. The van der Waals surface area contributed by atoms with Gasteiger partial charge in [-0.05, 0) is 25.0 Å². The normalized spacial score (nSPS) is 26.1. The third-order valence-electron chi connectivity index (χ3n) is 3.88. The van der Waals surface area contributed by atoms with Crippen molar-refractivity contribution in [2.45, 2.75) is 19.8 Å². The summed E-state index contributed by atoms with van der Waals surface area (Å²) in [5, 5.41) is 2.75. The number of rotatable bonds is 1. The van der Waals surface area contributed by atoms with Gasteiger partial charge in [0.2, 0.25) is 11.8 Å². The summed E-state index contributed by atoms with van der Waals surface area (Å²) in [5.41, 5.74) is 1.63. The maximum absolute atomic E-state index is 12.6. The van der Waals surface area contributed by atoms with Crippen molar-refractivity contribution in [1.82, 2.24) is 5.32 Å². The largest absolute Gasteiger partial charge is 0.355 e. The topological polar surface area (TPSA) is 49.4 Å². The highest BCUT2D eigenvalue weighted by Gasteiger charge is 2.44. The molecule has 1 N–H and O–H groups in total. The molecule has 0 saturated carbocycles. The minimum absolute atomic E-state index is 0.0293. The van der Waals surface area contributed by atoms with E-state index in [4.69, 9.17) is 0 Å². The van der Waals surface area contributed by atoms with Gasteiger partial charge in [-0.25, -0.2) is 0 Å². The van der Waals surface area contributed by atoms with Gasteiger partial charge < -0.3 is 10.2 Å². The molecule has 0 radical (unpaired) electrons. The van der Waals surface area contributed by atoms with Crippen molar-refractivity contribution >= 4 is 17.5 Å². The zero-order chi connectivity index (χ0) is 12.8. The van der Waals surface area contributed by atoms with E-state index < -0.39 is 5.41 Å². The molecule has 1 aromatic carbocycles. The number of amides is 2. The van der Waals surface area contributed by atoms with Gasteiger partial charge in [-0.3, -0.25) is 9.59 Å². The first-order chi connectivity index (χ1) is 8.60. The van der Waals surface area contributed by atoms with Gasteiger partial charge in [0.15, 0.2) is 0 Å². The van der Waals surface area contributed by atoms with Crippen LogP contribution >= 0.6 is 0 Å². The number of para-hydroxylation sites is 1. The molecular weight excluding hydrogens is 228 g/mol. The number of hydrogen-bond donors (Lipinski definition) is 1. The first-order valence-corrected chi connectivity index (χ1v) is 6.27. The van der Waals surface area contributed by atoms with Crippen LogP contribution in [0.5, 0.6) is 0 Å². The maximum Gasteiger partial charge on any atom is 0.235 e. The number of anilines is 1. The average molecular weight is 244 g/mol. The molecule has 18 heavy (non-hydrogen) atoms. The van der Waals surface area contributed by atoms with Gasteiger partial charge >= 0.3 is 0 Å². The quantitative estimate of drug-likeness (QED) is 0.804. The van der Waals surface area contributed by atoms with Crippen LogP contribution in [0.15, 0.2) is 24.3 Å². The summed E-state index contributed by atoms with van der Waals surface area (Å²) in [6.45, 7) is 3.04. The van der Waals surface area contributed by atoms with Gasteiger partial charge in [0, 0.05) is 25.2 Å². The Hall–Kier alpha value is -1.84. The molecule has 0 bridgehead atoms. The summed E-state index contributed by atoms with van der Waals surface area (Å²) >= 11 is 0. The third-order valence-corrected chi connectivity index (χ3v) is 3.88. The van der Waals surface area contributed by atoms with E-state index in [0.717, 1.165) is 18.7 Å². The summed E-state index contributed by atoms with van der Waals surface area (Å²) in [4.78, 5) is 25.8. The Morgan fingerprint density at radius 1 is 1.39 bits per heavy atom. The van der Waals surface area contributed by atoms with E-state index >= 15 is 0 Å². The van der Waals surface area contributed by atoms with Crippen LogP contribution in [0.1, 0.15) is 18.9 Å². The average Bonchev–Trinajstić information content (AvgIpc) is 2.93. The van der Waals surface area contributed by atoms with Gasteiger partial charge in [0.25, 0.3) is 0 Å². The lowest BCUT2D eigenvalue weighted by Gasteiger charge is -2.27. The number of nitrogens with zero attached hydrogens (tertiary/aromatic N) is 1. The van der Waals surface area contributed by atoms with Crippen molar-refractivity contribution in [2.24, 2.45) is 5.41 Å². The van der Waals surface area contributed by atoms with Crippen LogP contribution in [0.4, 0.5) is 5.69 Å². The molecule has 1 fully saturated rings. The van der Waals surface area contributed by atoms with Gasteiger partial charge in [-0.1, -0.05) is 18.2 Å². The molecule has 2 aliphatic heterocycles. The fourth-order valence-corrected chi connectivity index (χ4v) is 2.80. The second-order valence-corrected chi connectivity index (χ2v) is 5.35. The molecule has 1 aromatic rings. The predicted octanol–water partition coefficient (Wildman–Crippen LogP) is 1.10. The Morgan fingerprint density at radius 3 is 2.89 bits per heavy atom. The van der Waals surface area contributed by atoms with Gasteiger partial charge in [-0.2, -0.15) is 0 Å². The number of fused-ring (bicyclic) bond motifs is 1. The molecule has 4 heteroatoms. The standard InChI is InChI=1S/C14H16N2O2/c1-14(8-12(17)15-9-14)13(18)16-7-6-10-4-2-3-5-11(10)16/h2-5H,6-9H2,1H3,(H,15,17). The maximum atomic E-state index is 12.6. The molecule has 0 aromatic heterocycles. The van der Waals surface area contributed by atoms with Gasteiger partial charge in [0.1, 0.15) is 0 Å². The SMILES string of the molecule is CC1(C(=O)N2CCc3ccccc32)CNC(=O)C1. The van der Waals surface area contributed by atoms with E-state index in [-0.39, 0.29) is 11.8 Å². The highest BCUT2D eigenvalue weighted by atomic mass is 16.2. The van der Waals surface area contributed by atoms with Crippen molar-refractivity contribution in [3.05, 3.63) is 29.8 Å². The Kier molecular flexibility index (Phi) is 2.40.